The maximum atomic E-state index is 12.4. The van der Waals surface area contributed by atoms with Crippen LogP contribution in [0.4, 0.5) is 4.79 Å². The van der Waals surface area contributed by atoms with E-state index in [2.05, 4.69) is 27.3 Å². The van der Waals surface area contributed by atoms with Crippen LogP contribution in [0.2, 0.25) is 0 Å². The lowest BCUT2D eigenvalue weighted by Crippen LogP contribution is -2.58. The summed E-state index contributed by atoms with van der Waals surface area (Å²) in [6, 6.07) is 0.102. The molecule has 4 aliphatic rings. The summed E-state index contributed by atoms with van der Waals surface area (Å²) in [4.78, 5) is 14.2. The van der Waals surface area contributed by atoms with Crippen molar-refractivity contribution in [1.29, 1.82) is 0 Å². The van der Waals surface area contributed by atoms with Crippen LogP contribution in [-0.4, -0.2) is 55.4 Å². The highest BCUT2D eigenvalue weighted by molar-refractivity contribution is 5.74. The summed E-state index contributed by atoms with van der Waals surface area (Å²) in [5, 5.41) is 14.2. The Morgan fingerprint density at radius 2 is 2.24 bits per heavy atom. The predicted octanol–water partition coefficient (Wildman–Crippen LogP) is 1.28. The number of rotatable bonds is 4. The number of amides is 2. The van der Waals surface area contributed by atoms with E-state index in [1.54, 1.807) is 0 Å². The second-order valence-corrected chi connectivity index (χ2v) is 7.66. The first kappa shape index (κ1) is 16.9. The van der Waals surface area contributed by atoms with Gasteiger partial charge < -0.3 is 20.9 Å². The fourth-order valence-corrected chi connectivity index (χ4v) is 5.08. The second kappa shape index (κ2) is 6.65. The van der Waals surface area contributed by atoms with Crippen molar-refractivity contribution in [2.75, 3.05) is 32.7 Å². The second-order valence-electron chi connectivity index (χ2n) is 7.66. The fourth-order valence-electron chi connectivity index (χ4n) is 5.08. The van der Waals surface area contributed by atoms with Gasteiger partial charge in [-0.3, -0.25) is 5.32 Å². The van der Waals surface area contributed by atoms with Gasteiger partial charge in [-0.15, -0.1) is 0 Å². The first-order valence-corrected chi connectivity index (χ1v) is 9.90. The van der Waals surface area contributed by atoms with Gasteiger partial charge in [-0.05, 0) is 57.2 Å². The molecule has 4 N–H and O–H groups in total. The van der Waals surface area contributed by atoms with E-state index in [1.807, 2.05) is 18.7 Å². The maximum absolute atomic E-state index is 12.4. The SMILES string of the molecule is CCN(CC)C(=O)N[C@H]1C=C(C2=C3CCC4(NCCCC24)N3)CNC1. The van der Waals surface area contributed by atoms with Crippen molar-refractivity contribution < 1.29 is 4.79 Å². The average molecular weight is 345 g/mol. The molecular formula is C19H31N5O. The molecule has 2 amide bonds. The maximum Gasteiger partial charge on any atom is 0.317 e. The highest BCUT2D eigenvalue weighted by Crippen LogP contribution is 2.49. The number of hydrogen-bond acceptors (Lipinski definition) is 4. The van der Waals surface area contributed by atoms with Gasteiger partial charge in [0.2, 0.25) is 0 Å². The van der Waals surface area contributed by atoms with Crippen molar-refractivity contribution >= 4 is 6.03 Å². The molecule has 0 aromatic carbocycles. The third-order valence-corrected chi connectivity index (χ3v) is 6.31. The first-order chi connectivity index (χ1) is 12.2. The molecule has 2 saturated heterocycles. The first-order valence-electron chi connectivity index (χ1n) is 9.90. The Hall–Kier alpha value is -1.53. The van der Waals surface area contributed by atoms with Crippen LogP contribution in [0.5, 0.6) is 0 Å². The minimum Gasteiger partial charge on any atom is -0.370 e. The van der Waals surface area contributed by atoms with E-state index in [9.17, 15) is 4.79 Å². The van der Waals surface area contributed by atoms with Crippen molar-refractivity contribution in [3.63, 3.8) is 0 Å². The van der Waals surface area contributed by atoms with Gasteiger partial charge in [0.1, 0.15) is 0 Å². The van der Waals surface area contributed by atoms with Gasteiger partial charge in [0.25, 0.3) is 0 Å². The molecule has 0 saturated carbocycles. The van der Waals surface area contributed by atoms with Crippen LogP contribution in [-0.2, 0) is 0 Å². The number of allylic oxidation sites excluding steroid dienone is 1. The quantitative estimate of drug-likeness (QED) is 0.620. The summed E-state index contributed by atoms with van der Waals surface area (Å²) in [6.45, 7) is 8.36. The molecule has 4 rings (SSSR count). The molecule has 1 spiro atoms. The average Bonchev–Trinajstić information content (AvgIpc) is 3.18. The molecule has 2 fully saturated rings. The van der Waals surface area contributed by atoms with E-state index >= 15 is 0 Å². The minimum absolute atomic E-state index is 0.0359. The molecule has 4 aliphatic heterocycles. The van der Waals surface area contributed by atoms with Crippen LogP contribution < -0.4 is 21.3 Å². The van der Waals surface area contributed by atoms with Gasteiger partial charge >= 0.3 is 6.03 Å². The zero-order chi connectivity index (χ0) is 17.4. The van der Waals surface area contributed by atoms with Crippen molar-refractivity contribution in [3.05, 3.63) is 22.9 Å². The number of nitrogens with one attached hydrogen (secondary N) is 4. The highest BCUT2D eigenvalue weighted by Gasteiger charge is 2.52. The molecular weight excluding hydrogens is 314 g/mol. The standard InChI is InChI=1S/C19H31N5O/c1-3-24(4-2)18(25)22-14-10-13(11-20-12-14)17-15-6-5-9-21-19(15)8-7-16(17)23-19/h10,14-15,20-21,23H,3-9,11-12H2,1-2H3,(H,22,25)/t14-,15?,19?/m0/s1. The van der Waals surface area contributed by atoms with Gasteiger partial charge in [-0.1, -0.05) is 6.08 Å². The van der Waals surface area contributed by atoms with Gasteiger partial charge in [-0.25, -0.2) is 4.79 Å². The molecule has 2 unspecified atom stereocenters. The largest absolute Gasteiger partial charge is 0.370 e. The molecule has 0 radical (unpaired) electrons. The number of carbonyl (C=O) groups excluding carboxylic acids is 1. The third kappa shape index (κ3) is 2.85. The molecule has 0 aromatic rings. The van der Waals surface area contributed by atoms with Crippen molar-refractivity contribution in [3.8, 4) is 0 Å². The Morgan fingerprint density at radius 3 is 3.04 bits per heavy atom. The lowest BCUT2D eigenvalue weighted by Gasteiger charge is -2.41. The molecule has 138 valence electrons. The van der Waals surface area contributed by atoms with Gasteiger partial charge in [-0.2, -0.15) is 0 Å². The lowest BCUT2D eigenvalue weighted by molar-refractivity contribution is 0.181. The molecule has 4 heterocycles. The van der Waals surface area contributed by atoms with E-state index in [1.165, 1.54) is 36.1 Å². The summed E-state index contributed by atoms with van der Waals surface area (Å²) < 4.78 is 0. The number of nitrogens with zero attached hydrogens (tertiary/aromatic N) is 1. The molecule has 0 aromatic heterocycles. The molecule has 0 aliphatic carbocycles. The van der Waals surface area contributed by atoms with E-state index in [0.717, 1.165) is 39.1 Å². The molecule has 25 heavy (non-hydrogen) atoms. The van der Waals surface area contributed by atoms with Crippen molar-refractivity contribution in [1.82, 2.24) is 26.2 Å². The van der Waals surface area contributed by atoms with Crippen LogP contribution in [0.25, 0.3) is 0 Å². The Bertz CT molecular complexity index is 609. The zero-order valence-electron chi connectivity index (χ0n) is 15.5. The topological polar surface area (TPSA) is 68.4 Å². The highest BCUT2D eigenvalue weighted by atomic mass is 16.2. The van der Waals surface area contributed by atoms with Crippen LogP contribution >= 0.6 is 0 Å². The predicted molar refractivity (Wildman–Crippen MR) is 99.0 cm³/mol. The Labute approximate surface area is 150 Å². The third-order valence-electron chi connectivity index (χ3n) is 6.31. The summed E-state index contributed by atoms with van der Waals surface area (Å²) in [6.07, 6.45) is 7.15. The summed E-state index contributed by atoms with van der Waals surface area (Å²) in [5.74, 6) is 0.579. The van der Waals surface area contributed by atoms with Gasteiger partial charge in [0, 0.05) is 37.8 Å². The fraction of sp³-hybridized carbons (Fsp3) is 0.737. The molecule has 2 bridgehead atoms. The minimum atomic E-state index is 0.0359. The van der Waals surface area contributed by atoms with Crippen LogP contribution in [0.3, 0.4) is 0 Å². The molecule has 3 atom stereocenters. The number of fused-ring (bicyclic) bond motifs is 1. The van der Waals surface area contributed by atoms with E-state index < -0.39 is 0 Å². The Morgan fingerprint density at radius 1 is 1.40 bits per heavy atom. The summed E-state index contributed by atoms with van der Waals surface area (Å²) in [5.41, 5.74) is 4.45. The number of hydrogen-bond donors (Lipinski definition) is 4. The van der Waals surface area contributed by atoms with E-state index in [4.69, 9.17) is 0 Å². The Kier molecular flexibility index (Phi) is 4.50. The van der Waals surface area contributed by atoms with Crippen molar-refractivity contribution in [2.45, 2.75) is 51.2 Å². The normalized spacial score (nSPS) is 33.6. The zero-order valence-corrected chi connectivity index (χ0v) is 15.5. The molecule has 6 heteroatoms. The van der Waals surface area contributed by atoms with Crippen LogP contribution in [0.15, 0.2) is 22.9 Å². The monoisotopic (exact) mass is 345 g/mol. The Balaban J connectivity index is 1.52. The summed E-state index contributed by atoms with van der Waals surface area (Å²) in [7, 11) is 0. The van der Waals surface area contributed by atoms with E-state index in [-0.39, 0.29) is 17.7 Å². The number of piperidine rings is 1. The summed E-state index contributed by atoms with van der Waals surface area (Å²) >= 11 is 0. The molecule has 6 nitrogen and oxygen atoms in total. The van der Waals surface area contributed by atoms with Gasteiger partial charge in [0.15, 0.2) is 0 Å². The number of urea groups is 1. The smallest absolute Gasteiger partial charge is 0.317 e. The number of carbonyl (C=O) groups is 1. The van der Waals surface area contributed by atoms with Gasteiger partial charge in [0.05, 0.1) is 11.7 Å². The van der Waals surface area contributed by atoms with E-state index in [0.29, 0.717) is 5.92 Å². The van der Waals surface area contributed by atoms with Crippen LogP contribution in [0.1, 0.15) is 39.5 Å². The van der Waals surface area contributed by atoms with Crippen LogP contribution in [0, 0.1) is 5.92 Å². The lowest BCUT2D eigenvalue weighted by atomic mass is 9.74. The van der Waals surface area contributed by atoms with Crippen molar-refractivity contribution in [2.24, 2.45) is 5.92 Å².